The standard InChI is InChI=1S/C5H2O11.2K.2Na.4H/c6-1(7)13-3(10)15-5(12)16-4(11)14-2(8)9;;;;;;;;/h(H,6,7)(H,8,9);;;;;;;;. The van der Waals surface area contributed by atoms with Crippen molar-refractivity contribution in [3.63, 3.8) is 0 Å². The van der Waals surface area contributed by atoms with Crippen molar-refractivity contribution < 1.29 is 53.1 Å². The first-order valence-corrected chi connectivity index (χ1v) is 3.10. The van der Waals surface area contributed by atoms with Crippen molar-refractivity contribution in [3.05, 3.63) is 0 Å². The topological polar surface area (TPSA) is 163 Å². The fraction of sp³-hybridized carbons (Fsp3) is 0. The van der Waals surface area contributed by atoms with Crippen molar-refractivity contribution in [2.75, 3.05) is 0 Å². The molecule has 0 aromatic heterocycles. The molecule has 2 N–H and O–H groups in total. The van der Waals surface area contributed by atoms with E-state index in [0.29, 0.717) is 0 Å². The second-order valence-electron chi connectivity index (χ2n) is 1.69. The molecular weight excluding hydrogens is 360 g/mol. The molecule has 15 heteroatoms. The van der Waals surface area contributed by atoms with E-state index in [1.54, 1.807) is 0 Å². The third kappa shape index (κ3) is 22.7. The number of carbonyl (C=O) groups excluding carboxylic acids is 3. The predicted octanol–water partition coefficient (Wildman–Crippen LogP) is -1.83. The minimum atomic E-state index is -2.06. The monoisotopic (exact) mass is 366 g/mol. The maximum atomic E-state index is 10.4. The molecule has 0 aliphatic heterocycles. The first-order valence-electron chi connectivity index (χ1n) is 3.10. The van der Waals surface area contributed by atoms with Crippen molar-refractivity contribution >= 4 is 193 Å². The number of rotatable bonds is 0. The minimum absolute atomic E-state index is 0. The second kappa shape index (κ2) is 19.5. The van der Waals surface area contributed by atoms with Gasteiger partial charge in [-0.25, -0.2) is 24.0 Å². The van der Waals surface area contributed by atoms with Crippen molar-refractivity contribution in [2.45, 2.75) is 0 Å². The van der Waals surface area contributed by atoms with Gasteiger partial charge in [0.15, 0.2) is 0 Å². The molecule has 0 aromatic rings. The molecule has 11 nitrogen and oxygen atoms in total. The summed E-state index contributed by atoms with van der Waals surface area (Å²) in [6, 6.07) is 0. The van der Waals surface area contributed by atoms with E-state index < -0.39 is 30.8 Å². The van der Waals surface area contributed by atoms with Crippen LogP contribution in [0.5, 0.6) is 0 Å². The molecule has 96 valence electrons. The zero-order valence-corrected chi connectivity index (χ0v) is 7.07. The Bertz CT molecular complexity index is 327. The Hall–Kier alpha value is 2.42. The molecule has 0 fully saturated rings. The van der Waals surface area contributed by atoms with Crippen molar-refractivity contribution in [1.82, 2.24) is 0 Å². The summed E-state index contributed by atoms with van der Waals surface area (Å²) in [6.45, 7) is 0. The molecule has 0 amide bonds. The molecule has 0 heterocycles. The van der Waals surface area contributed by atoms with Crippen LogP contribution < -0.4 is 0 Å². The third-order valence-electron chi connectivity index (χ3n) is 0.675. The summed E-state index contributed by atoms with van der Waals surface area (Å²) in [5.74, 6) is 0. The Morgan fingerprint density at radius 2 is 0.750 bits per heavy atom. The van der Waals surface area contributed by atoms with Crippen LogP contribution in [0.1, 0.15) is 0 Å². The van der Waals surface area contributed by atoms with Crippen LogP contribution >= 0.6 is 0 Å². The molecule has 0 spiro atoms. The van der Waals surface area contributed by atoms with E-state index in [1.165, 1.54) is 0 Å². The Balaban J connectivity index is -0.000000187. The summed E-state index contributed by atoms with van der Waals surface area (Å²) >= 11 is 0. The summed E-state index contributed by atoms with van der Waals surface area (Å²) in [5.41, 5.74) is 0. The van der Waals surface area contributed by atoms with Crippen molar-refractivity contribution in [1.29, 1.82) is 0 Å². The third-order valence-corrected chi connectivity index (χ3v) is 0.675. The summed E-state index contributed by atoms with van der Waals surface area (Å²) in [6.07, 6.45) is -10.1. The zero-order valence-electron chi connectivity index (χ0n) is 7.07. The van der Waals surface area contributed by atoms with E-state index >= 15 is 0 Å². The van der Waals surface area contributed by atoms with Gasteiger partial charge in [0, 0.05) is 0 Å². The molecule has 20 heavy (non-hydrogen) atoms. The van der Waals surface area contributed by atoms with Gasteiger partial charge in [-0.2, -0.15) is 0 Å². The summed E-state index contributed by atoms with van der Waals surface area (Å²) in [7, 11) is 0. The fourth-order valence-electron chi connectivity index (χ4n) is 0.341. The molecule has 0 atom stereocenters. The van der Waals surface area contributed by atoms with Crippen LogP contribution in [-0.4, -0.2) is 203 Å². The molecule has 0 saturated heterocycles. The van der Waals surface area contributed by atoms with Crippen LogP contribution in [0.25, 0.3) is 0 Å². The number of carbonyl (C=O) groups is 5. The molecule has 0 rings (SSSR count). The Morgan fingerprint density at radius 1 is 0.550 bits per heavy atom. The number of hydrogen-bond acceptors (Lipinski definition) is 9. The van der Waals surface area contributed by atoms with Gasteiger partial charge < -0.3 is 29.2 Å². The molecule has 0 saturated carbocycles. The van der Waals surface area contributed by atoms with Crippen LogP contribution in [0.4, 0.5) is 24.0 Å². The zero-order chi connectivity index (χ0) is 12.7. The predicted molar refractivity (Wildman–Crippen MR) is 65.2 cm³/mol. The van der Waals surface area contributed by atoms with Crippen LogP contribution in [-0.2, 0) is 18.9 Å². The molecule has 0 bridgehead atoms. The van der Waals surface area contributed by atoms with Gasteiger partial charge in [-0.3, -0.25) is 0 Å². The average molecular weight is 366 g/mol. The first kappa shape index (κ1) is 33.9. The molecule has 0 aromatic carbocycles. The van der Waals surface area contributed by atoms with Gasteiger partial charge in [-0.15, -0.1) is 0 Å². The van der Waals surface area contributed by atoms with E-state index in [4.69, 9.17) is 10.2 Å². The van der Waals surface area contributed by atoms with Gasteiger partial charge in [0.1, 0.15) is 0 Å². The van der Waals surface area contributed by atoms with Gasteiger partial charge in [0.25, 0.3) is 0 Å². The molecule has 0 unspecified atom stereocenters. The Labute approximate surface area is 240 Å². The first-order chi connectivity index (χ1) is 7.31. The van der Waals surface area contributed by atoms with Crippen LogP contribution in [0.15, 0.2) is 0 Å². The van der Waals surface area contributed by atoms with Gasteiger partial charge in [0.2, 0.25) is 0 Å². The summed E-state index contributed by atoms with van der Waals surface area (Å²) < 4.78 is 13.4. The number of carboxylic acid groups (broad SMARTS) is 2. The average Bonchev–Trinajstić information content (AvgIpc) is 1.97. The SMILES string of the molecule is O=C(O)OC(=O)OC(=O)OC(=O)OC(=O)O.[KH].[KH].[NaH].[NaH]. The molecule has 0 radical (unpaired) electrons. The molecule has 0 aliphatic carbocycles. The Morgan fingerprint density at radius 3 is 0.950 bits per heavy atom. The van der Waals surface area contributed by atoms with Crippen LogP contribution in [0.3, 0.4) is 0 Å². The Kier molecular flexibility index (Phi) is 33.0. The number of hydrogen-bond donors (Lipinski definition) is 2. The van der Waals surface area contributed by atoms with Gasteiger partial charge in [-0.1, -0.05) is 0 Å². The normalized spacial score (nSPS) is 6.80. The van der Waals surface area contributed by atoms with E-state index in [1.807, 2.05) is 0 Å². The van der Waals surface area contributed by atoms with Crippen LogP contribution in [0, 0.1) is 0 Å². The van der Waals surface area contributed by atoms with Crippen molar-refractivity contribution in [2.24, 2.45) is 0 Å². The summed E-state index contributed by atoms with van der Waals surface area (Å²) in [4.78, 5) is 50.4. The van der Waals surface area contributed by atoms with Gasteiger partial charge >= 0.3 is 193 Å². The fourth-order valence-corrected chi connectivity index (χ4v) is 0.341. The van der Waals surface area contributed by atoms with Crippen LogP contribution in [0.2, 0.25) is 0 Å². The quantitative estimate of drug-likeness (QED) is 0.282. The van der Waals surface area contributed by atoms with E-state index in [0.717, 1.165) is 0 Å². The molecular formula is C5H6K2Na2O11. The second-order valence-corrected chi connectivity index (χ2v) is 1.69. The maximum absolute atomic E-state index is 10.4. The number of ether oxygens (including phenoxy) is 4. The van der Waals surface area contributed by atoms with Crippen molar-refractivity contribution in [3.8, 4) is 0 Å². The van der Waals surface area contributed by atoms with E-state index in [2.05, 4.69) is 18.9 Å². The summed E-state index contributed by atoms with van der Waals surface area (Å²) in [5, 5.41) is 15.7. The molecule has 0 aliphatic rings. The van der Waals surface area contributed by atoms with E-state index in [9.17, 15) is 24.0 Å². The van der Waals surface area contributed by atoms with Gasteiger partial charge in [-0.05, 0) is 0 Å². The van der Waals surface area contributed by atoms with E-state index in [-0.39, 0.29) is 162 Å². The van der Waals surface area contributed by atoms with Gasteiger partial charge in [0.05, 0.1) is 0 Å².